The zero-order valence-corrected chi connectivity index (χ0v) is 17.5. The molecule has 1 atom stereocenters. The van der Waals surface area contributed by atoms with Crippen LogP contribution in [0.25, 0.3) is 0 Å². The maximum atomic E-state index is 12.4. The Hall–Kier alpha value is -2.93. The molecule has 0 saturated heterocycles. The van der Waals surface area contributed by atoms with Crippen molar-refractivity contribution in [1.29, 1.82) is 0 Å². The number of cyclic esters (lactones) is 1. The lowest BCUT2D eigenvalue weighted by molar-refractivity contribution is -0.146. The van der Waals surface area contributed by atoms with Gasteiger partial charge in [-0.15, -0.1) is 11.8 Å². The van der Waals surface area contributed by atoms with E-state index in [1.54, 1.807) is 31.2 Å². The Labute approximate surface area is 179 Å². The van der Waals surface area contributed by atoms with Crippen molar-refractivity contribution in [3.63, 3.8) is 0 Å². The minimum atomic E-state index is -0.560. The molecule has 0 fully saturated rings. The molecule has 0 saturated carbocycles. The number of hydrogen-bond donors (Lipinski definition) is 1. The van der Waals surface area contributed by atoms with E-state index in [1.165, 1.54) is 17.3 Å². The number of aliphatic hydroxyl groups is 1. The summed E-state index contributed by atoms with van der Waals surface area (Å²) in [5.41, 5.74) is 1.92. The highest BCUT2D eigenvalue weighted by Gasteiger charge is 2.30. The molecule has 0 amide bonds. The first-order valence-corrected chi connectivity index (χ1v) is 10.7. The van der Waals surface area contributed by atoms with E-state index in [9.17, 15) is 14.7 Å². The predicted molar refractivity (Wildman–Crippen MR) is 114 cm³/mol. The molecule has 0 bridgehead atoms. The maximum absolute atomic E-state index is 12.4. The number of esters is 2. The summed E-state index contributed by atoms with van der Waals surface area (Å²) in [6, 6.07) is 16.8. The maximum Gasteiger partial charge on any atom is 0.348 e. The highest BCUT2D eigenvalue weighted by Crippen LogP contribution is 2.36. The largest absolute Gasteiger partial charge is 0.511 e. The van der Waals surface area contributed by atoms with E-state index in [0.29, 0.717) is 18.1 Å². The molecule has 0 aromatic heterocycles. The highest BCUT2D eigenvalue weighted by molar-refractivity contribution is 8.04. The molecule has 0 aliphatic carbocycles. The molecule has 7 heteroatoms. The number of rotatable bonds is 9. The Morgan fingerprint density at radius 1 is 1.17 bits per heavy atom. The molecule has 6 nitrogen and oxygen atoms in total. The van der Waals surface area contributed by atoms with E-state index < -0.39 is 18.0 Å². The van der Waals surface area contributed by atoms with E-state index in [1.807, 2.05) is 30.3 Å². The molecule has 1 aliphatic rings. The van der Waals surface area contributed by atoms with Gasteiger partial charge in [-0.1, -0.05) is 42.5 Å². The van der Waals surface area contributed by atoms with Gasteiger partial charge in [-0.25, -0.2) is 9.59 Å². The summed E-state index contributed by atoms with van der Waals surface area (Å²) in [7, 11) is 0. The minimum absolute atomic E-state index is 0.0527. The lowest BCUT2D eigenvalue weighted by atomic mass is 10.0. The van der Waals surface area contributed by atoms with Gasteiger partial charge >= 0.3 is 11.9 Å². The molecule has 2 aromatic rings. The summed E-state index contributed by atoms with van der Waals surface area (Å²) in [5, 5.41) is 10.4. The van der Waals surface area contributed by atoms with Gasteiger partial charge in [0.1, 0.15) is 22.5 Å². The van der Waals surface area contributed by atoms with Crippen LogP contribution in [0.5, 0.6) is 5.75 Å². The molecule has 1 aliphatic heterocycles. The van der Waals surface area contributed by atoms with Crippen molar-refractivity contribution in [1.82, 2.24) is 0 Å². The van der Waals surface area contributed by atoms with Gasteiger partial charge in [0.25, 0.3) is 0 Å². The average Bonchev–Trinajstić information content (AvgIpc) is 2.75. The van der Waals surface area contributed by atoms with Crippen molar-refractivity contribution in [2.45, 2.75) is 25.9 Å². The summed E-state index contributed by atoms with van der Waals surface area (Å²) in [6.07, 6.45) is 0.462. The third-order valence-electron chi connectivity index (χ3n) is 4.47. The van der Waals surface area contributed by atoms with E-state index >= 15 is 0 Å². The Kier molecular flexibility index (Phi) is 7.79. The molecule has 0 radical (unpaired) electrons. The van der Waals surface area contributed by atoms with Crippen LogP contribution in [0, 0.1) is 0 Å². The number of benzene rings is 2. The molecule has 3 rings (SSSR count). The Bertz CT molecular complexity index is 892. The van der Waals surface area contributed by atoms with Crippen molar-refractivity contribution in [3.8, 4) is 5.75 Å². The molecular formula is C23H24O6S. The SMILES string of the molecule is CCOC(=O)COc1ccc(C2CC(O)=C(SCCc3ccccc3)C(=O)O2)cc1. The van der Waals surface area contributed by atoms with Crippen LogP contribution in [0.15, 0.2) is 65.3 Å². The van der Waals surface area contributed by atoms with Crippen LogP contribution < -0.4 is 4.74 Å². The first kappa shape index (κ1) is 21.8. The second-order valence-electron chi connectivity index (χ2n) is 6.62. The molecule has 30 heavy (non-hydrogen) atoms. The summed E-state index contributed by atoms with van der Waals surface area (Å²) in [6.45, 7) is 1.87. The quantitative estimate of drug-likeness (QED) is 0.594. The van der Waals surface area contributed by atoms with E-state index in [-0.39, 0.29) is 23.7 Å². The Balaban J connectivity index is 1.54. The van der Waals surface area contributed by atoms with Crippen LogP contribution in [0.2, 0.25) is 0 Å². The topological polar surface area (TPSA) is 82.1 Å². The Morgan fingerprint density at radius 3 is 2.57 bits per heavy atom. The van der Waals surface area contributed by atoms with Crippen LogP contribution in [0.3, 0.4) is 0 Å². The number of aliphatic hydroxyl groups excluding tert-OH is 1. The van der Waals surface area contributed by atoms with Gasteiger partial charge in [-0.3, -0.25) is 0 Å². The summed E-state index contributed by atoms with van der Waals surface area (Å²) in [5.74, 6) is 0.290. The van der Waals surface area contributed by atoms with Crippen LogP contribution >= 0.6 is 11.8 Å². The van der Waals surface area contributed by atoms with Crippen molar-refractivity contribution in [2.75, 3.05) is 19.0 Å². The molecule has 158 valence electrons. The second kappa shape index (κ2) is 10.7. The summed E-state index contributed by atoms with van der Waals surface area (Å²) < 4.78 is 15.7. The van der Waals surface area contributed by atoms with E-state index in [4.69, 9.17) is 14.2 Å². The normalized spacial score (nSPS) is 16.2. The number of thioether (sulfide) groups is 1. The van der Waals surface area contributed by atoms with Crippen LogP contribution in [0.4, 0.5) is 0 Å². The molecule has 1 heterocycles. The first-order chi connectivity index (χ1) is 14.6. The lowest BCUT2D eigenvalue weighted by Gasteiger charge is -2.24. The molecule has 2 aromatic carbocycles. The minimum Gasteiger partial charge on any atom is -0.511 e. The fraction of sp³-hybridized carbons (Fsp3) is 0.304. The predicted octanol–water partition coefficient (Wildman–Crippen LogP) is 4.36. The molecule has 1 unspecified atom stereocenters. The van der Waals surface area contributed by atoms with Crippen molar-refractivity contribution >= 4 is 23.7 Å². The number of hydrogen-bond acceptors (Lipinski definition) is 7. The molecule has 1 N–H and O–H groups in total. The first-order valence-electron chi connectivity index (χ1n) is 9.75. The van der Waals surface area contributed by atoms with Crippen LogP contribution in [-0.2, 0) is 25.5 Å². The van der Waals surface area contributed by atoms with Crippen LogP contribution in [-0.4, -0.2) is 36.0 Å². The average molecular weight is 429 g/mol. The van der Waals surface area contributed by atoms with Gasteiger partial charge in [0.05, 0.1) is 6.61 Å². The monoisotopic (exact) mass is 428 g/mol. The zero-order valence-electron chi connectivity index (χ0n) is 16.7. The third kappa shape index (κ3) is 6.03. The third-order valence-corrected chi connectivity index (χ3v) is 5.57. The van der Waals surface area contributed by atoms with Gasteiger partial charge in [0.2, 0.25) is 0 Å². The fourth-order valence-corrected chi connectivity index (χ4v) is 3.94. The lowest BCUT2D eigenvalue weighted by Crippen LogP contribution is -2.20. The fourth-order valence-electron chi connectivity index (χ4n) is 2.98. The summed E-state index contributed by atoms with van der Waals surface area (Å²) in [4.78, 5) is 24.0. The molecular weight excluding hydrogens is 404 g/mol. The van der Waals surface area contributed by atoms with Crippen molar-refractivity contribution in [2.24, 2.45) is 0 Å². The number of ether oxygens (including phenoxy) is 3. The van der Waals surface area contributed by atoms with Crippen LogP contribution in [0.1, 0.15) is 30.6 Å². The standard InChI is InChI=1S/C23H24O6S/c1-2-27-21(25)15-28-18-10-8-17(9-11-18)20-14-19(24)22(23(26)29-20)30-13-12-16-6-4-3-5-7-16/h3-11,20,24H,2,12-15H2,1H3. The van der Waals surface area contributed by atoms with E-state index in [0.717, 1.165) is 12.0 Å². The van der Waals surface area contributed by atoms with E-state index in [2.05, 4.69) is 0 Å². The van der Waals surface area contributed by atoms with Gasteiger partial charge < -0.3 is 19.3 Å². The zero-order chi connectivity index (χ0) is 21.3. The van der Waals surface area contributed by atoms with Gasteiger partial charge in [0.15, 0.2) is 6.61 Å². The van der Waals surface area contributed by atoms with Crippen molar-refractivity contribution < 1.29 is 28.9 Å². The van der Waals surface area contributed by atoms with Gasteiger partial charge in [-0.2, -0.15) is 0 Å². The van der Waals surface area contributed by atoms with Gasteiger partial charge in [0, 0.05) is 12.2 Å². The number of aryl methyl sites for hydroxylation is 1. The number of carbonyl (C=O) groups excluding carboxylic acids is 2. The van der Waals surface area contributed by atoms with Crippen molar-refractivity contribution in [3.05, 3.63) is 76.4 Å². The Morgan fingerprint density at radius 2 is 1.90 bits per heavy atom. The molecule has 0 spiro atoms. The van der Waals surface area contributed by atoms with Gasteiger partial charge in [-0.05, 0) is 36.6 Å². The summed E-state index contributed by atoms with van der Waals surface area (Å²) >= 11 is 1.31. The number of carbonyl (C=O) groups is 2. The smallest absolute Gasteiger partial charge is 0.348 e. The highest BCUT2D eigenvalue weighted by atomic mass is 32.2. The second-order valence-corrected chi connectivity index (χ2v) is 7.73.